The molecule has 0 fully saturated rings. The number of rotatable bonds is 5. The molecule has 0 radical (unpaired) electrons. The molecule has 4 aromatic rings. The summed E-state index contributed by atoms with van der Waals surface area (Å²) in [6.45, 7) is 0.615. The number of nitrogens with one attached hydrogen (secondary N) is 1. The maximum absolute atomic E-state index is 12.8. The molecule has 150 valence electrons. The molecular weight excluding hydrogens is 441 g/mol. The van der Waals surface area contributed by atoms with Crippen molar-refractivity contribution in [1.82, 2.24) is 9.99 Å². The first kappa shape index (κ1) is 20.5. The van der Waals surface area contributed by atoms with E-state index in [9.17, 15) is 4.79 Å². The molecule has 4 rings (SSSR count). The van der Waals surface area contributed by atoms with E-state index in [1.54, 1.807) is 18.2 Å². The lowest BCUT2D eigenvalue weighted by Crippen LogP contribution is -2.17. The molecule has 3 aromatic carbocycles. The van der Waals surface area contributed by atoms with Gasteiger partial charge in [-0.25, -0.2) is 5.43 Å². The number of fused-ring (bicyclic) bond motifs is 1. The molecule has 0 spiro atoms. The summed E-state index contributed by atoms with van der Waals surface area (Å²) in [5.74, 6) is -0.319. The molecule has 1 aromatic heterocycles. The van der Waals surface area contributed by atoms with E-state index in [0.29, 0.717) is 32.7 Å². The molecule has 0 saturated heterocycles. The van der Waals surface area contributed by atoms with E-state index >= 15 is 0 Å². The van der Waals surface area contributed by atoms with Crippen molar-refractivity contribution in [2.75, 3.05) is 0 Å². The van der Waals surface area contributed by atoms with Gasteiger partial charge in [0.1, 0.15) is 0 Å². The quantitative estimate of drug-likeness (QED) is 0.273. The first-order valence-corrected chi connectivity index (χ1v) is 10.3. The third-order valence-corrected chi connectivity index (χ3v) is 5.57. The highest BCUT2D eigenvalue weighted by atomic mass is 35.5. The summed E-state index contributed by atoms with van der Waals surface area (Å²) >= 11 is 18.2. The Bertz CT molecular complexity index is 1230. The van der Waals surface area contributed by atoms with Crippen molar-refractivity contribution in [1.29, 1.82) is 0 Å². The zero-order valence-corrected chi connectivity index (χ0v) is 17.9. The van der Waals surface area contributed by atoms with Crippen molar-refractivity contribution in [3.63, 3.8) is 0 Å². The van der Waals surface area contributed by atoms with Crippen LogP contribution >= 0.6 is 34.8 Å². The number of hydrogen-bond donors (Lipinski definition) is 1. The Morgan fingerprint density at radius 3 is 2.37 bits per heavy atom. The Kier molecular flexibility index (Phi) is 6.09. The van der Waals surface area contributed by atoms with Gasteiger partial charge in [0, 0.05) is 34.2 Å². The number of nitrogens with zero attached hydrogens (tertiary/aromatic N) is 2. The number of carbonyl (C=O) groups excluding carboxylic acids is 1. The predicted octanol–water partition coefficient (Wildman–Crippen LogP) is 6.41. The Morgan fingerprint density at radius 2 is 1.63 bits per heavy atom. The number of aromatic nitrogens is 1. The second-order valence-electron chi connectivity index (χ2n) is 6.65. The summed E-state index contributed by atoms with van der Waals surface area (Å²) in [4.78, 5) is 12.8. The number of carbonyl (C=O) groups is 1. The molecule has 7 heteroatoms. The van der Waals surface area contributed by atoms with Gasteiger partial charge in [-0.1, -0.05) is 71.2 Å². The van der Waals surface area contributed by atoms with Crippen molar-refractivity contribution in [3.05, 3.63) is 105 Å². The van der Waals surface area contributed by atoms with Gasteiger partial charge in [0.2, 0.25) is 0 Å². The second kappa shape index (κ2) is 8.92. The number of amides is 1. The summed E-state index contributed by atoms with van der Waals surface area (Å²) in [7, 11) is 0. The van der Waals surface area contributed by atoms with E-state index < -0.39 is 0 Å². The fourth-order valence-electron chi connectivity index (χ4n) is 3.19. The zero-order chi connectivity index (χ0) is 21.1. The minimum absolute atomic E-state index is 0.319. The van der Waals surface area contributed by atoms with Gasteiger partial charge >= 0.3 is 0 Å². The summed E-state index contributed by atoms with van der Waals surface area (Å²) in [6.07, 6.45) is 3.27. The second-order valence-corrected chi connectivity index (χ2v) is 7.90. The average molecular weight is 457 g/mol. The third-order valence-electron chi connectivity index (χ3n) is 4.66. The molecule has 0 bridgehead atoms. The van der Waals surface area contributed by atoms with E-state index in [1.807, 2.05) is 59.3 Å². The molecule has 1 heterocycles. The normalized spacial score (nSPS) is 11.3. The summed E-state index contributed by atoms with van der Waals surface area (Å²) in [5, 5.41) is 6.48. The van der Waals surface area contributed by atoms with Crippen LogP contribution in [0.5, 0.6) is 0 Å². The summed E-state index contributed by atoms with van der Waals surface area (Å²) < 4.78 is 2.03. The third kappa shape index (κ3) is 4.36. The van der Waals surface area contributed by atoms with Crippen LogP contribution in [-0.2, 0) is 6.54 Å². The minimum atomic E-state index is -0.319. The fraction of sp³-hybridized carbons (Fsp3) is 0.0435. The van der Waals surface area contributed by atoms with Crippen molar-refractivity contribution in [2.24, 2.45) is 5.10 Å². The zero-order valence-electron chi connectivity index (χ0n) is 15.6. The minimum Gasteiger partial charge on any atom is -0.342 e. The van der Waals surface area contributed by atoms with Crippen LogP contribution in [0.1, 0.15) is 21.5 Å². The Balaban J connectivity index is 1.60. The smallest absolute Gasteiger partial charge is 0.273 e. The average Bonchev–Trinajstić information content (AvgIpc) is 3.10. The molecule has 0 aliphatic carbocycles. The molecule has 30 heavy (non-hydrogen) atoms. The van der Waals surface area contributed by atoms with Crippen LogP contribution in [0.2, 0.25) is 15.1 Å². The first-order chi connectivity index (χ1) is 14.5. The summed E-state index contributed by atoms with van der Waals surface area (Å²) in [5.41, 5.74) is 5.67. The molecule has 4 nitrogen and oxygen atoms in total. The number of benzene rings is 3. The number of hydrazone groups is 1. The van der Waals surface area contributed by atoms with Gasteiger partial charge in [-0.05, 0) is 35.9 Å². The molecular formula is C23H16Cl3N3O. The van der Waals surface area contributed by atoms with Crippen LogP contribution in [0.15, 0.2) is 78.0 Å². The maximum Gasteiger partial charge on any atom is 0.273 e. The lowest BCUT2D eigenvalue weighted by Gasteiger charge is -2.05. The molecule has 0 aliphatic heterocycles. The van der Waals surface area contributed by atoms with Crippen molar-refractivity contribution in [2.45, 2.75) is 6.54 Å². The highest BCUT2D eigenvalue weighted by molar-refractivity contribution is 6.38. The maximum atomic E-state index is 12.8. The van der Waals surface area contributed by atoms with Gasteiger partial charge in [-0.3, -0.25) is 4.79 Å². The molecule has 0 saturated carbocycles. The molecule has 0 unspecified atom stereocenters. The highest BCUT2D eigenvalue weighted by Crippen LogP contribution is 2.24. The monoisotopic (exact) mass is 455 g/mol. The van der Waals surface area contributed by atoms with Crippen LogP contribution in [-0.4, -0.2) is 16.7 Å². The van der Waals surface area contributed by atoms with Crippen LogP contribution < -0.4 is 5.43 Å². The highest BCUT2D eigenvalue weighted by Gasteiger charge is 2.15. The number of para-hydroxylation sites is 1. The van der Waals surface area contributed by atoms with Crippen LogP contribution in [0.4, 0.5) is 0 Å². The number of hydrogen-bond acceptors (Lipinski definition) is 2. The lowest BCUT2D eigenvalue weighted by molar-refractivity contribution is 0.0956. The largest absolute Gasteiger partial charge is 0.342 e. The van der Waals surface area contributed by atoms with Crippen molar-refractivity contribution in [3.8, 4) is 0 Å². The van der Waals surface area contributed by atoms with E-state index in [-0.39, 0.29) is 5.91 Å². The van der Waals surface area contributed by atoms with E-state index in [1.165, 1.54) is 6.21 Å². The fourth-order valence-corrected chi connectivity index (χ4v) is 3.82. The van der Waals surface area contributed by atoms with Crippen molar-refractivity contribution < 1.29 is 4.79 Å². The van der Waals surface area contributed by atoms with Gasteiger partial charge < -0.3 is 4.57 Å². The first-order valence-electron chi connectivity index (χ1n) is 9.12. The topological polar surface area (TPSA) is 46.4 Å². The van der Waals surface area contributed by atoms with Gasteiger partial charge in [-0.15, -0.1) is 0 Å². The van der Waals surface area contributed by atoms with E-state index in [2.05, 4.69) is 10.5 Å². The Labute approximate surface area is 188 Å². The SMILES string of the molecule is O=C(N/N=C/c1c(Cl)cccc1Cl)c1cn(Cc2ccc(Cl)cc2)c2ccccc12. The molecule has 0 atom stereocenters. The van der Waals surface area contributed by atoms with Crippen molar-refractivity contribution >= 4 is 57.8 Å². The van der Waals surface area contributed by atoms with Crippen LogP contribution in [0, 0.1) is 0 Å². The predicted molar refractivity (Wildman–Crippen MR) is 124 cm³/mol. The molecule has 1 amide bonds. The van der Waals surface area contributed by atoms with Crippen LogP contribution in [0.3, 0.4) is 0 Å². The van der Waals surface area contributed by atoms with Crippen LogP contribution in [0.25, 0.3) is 10.9 Å². The standard InChI is InChI=1S/C23H16Cl3N3O/c24-16-10-8-15(9-11-16)13-29-14-19(17-4-1-2-7-22(17)29)23(30)28-27-12-18-20(25)5-3-6-21(18)26/h1-12,14H,13H2,(H,28,30)/b27-12+. The molecule has 1 N–H and O–H groups in total. The Morgan fingerprint density at radius 1 is 0.933 bits per heavy atom. The van der Waals surface area contributed by atoms with Gasteiger partial charge in [0.05, 0.1) is 21.8 Å². The van der Waals surface area contributed by atoms with Gasteiger partial charge in [0.15, 0.2) is 0 Å². The van der Waals surface area contributed by atoms with E-state index in [0.717, 1.165) is 16.5 Å². The Hall–Kier alpha value is -2.79. The van der Waals surface area contributed by atoms with E-state index in [4.69, 9.17) is 34.8 Å². The van der Waals surface area contributed by atoms with Gasteiger partial charge in [-0.2, -0.15) is 5.10 Å². The van der Waals surface area contributed by atoms with Gasteiger partial charge in [0.25, 0.3) is 5.91 Å². The number of halogens is 3. The summed E-state index contributed by atoms with van der Waals surface area (Å²) in [6, 6.07) is 20.5. The lowest BCUT2D eigenvalue weighted by atomic mass is 10.1. The molecule has 0 aliphatic rings.